The second-order valence-corrected chi connectivity index (χ2v) is 7.47. The first-order chi connectivity index (χ1) is 10.6. The van der Waals surface area contributed by atoms with Gasteiger partial charge < -0.3 is 5.32 Å². The van der Waals surface area contributed by atoms with E-state index in [0.717, 1.165) is 19.1 Å². The molecule has 0 atom stereocenters. The van der Waals surface area contributed by atoms with Crippen LogP contribution in [0.4, 0.5) is 5.69 Å². The van der Waals surface area contributed by atoms with Gasteiger partial charge in [0.1, 0.15) is 0 Å². The Morgan fingerprint density at radius 2 is 2.05 bits per heavy atom. The Hall–Kier alpha value is -2.03. The van der Waals surface area contributed by atoms with Crippen LogP contribution in [0.25, 0.3) is 11.4 Å². The van der Waals surface area contributed by atoms with Crippen molar-refractivity contribution in [3.63, 3.8) is 0 Å². The molecule has 2 aromatic rings. The topological polar surface area (TPSA) is 114 Å². The highest BCUT2D eigenvalue weighted by Gasteiger charge is 2.24. The van der Waals surface area contributed by atoms with Crippen LogP contribution in [-0.2, 0) is 9.84 Å². The van der Waals surface area contributed by atoms with Crippen LogP contribution in [0.5, 0.6) is 0 Å². The molecule has 0 unspecified atom stereocenters. The van der Waals surface area contributed by atoms with E-state index in [0.29, 0.717) is 23.1 Å². The first-order valence-corrected chi connectivity index (χ1v) is 9.14. The molecule has 0 radical (unpaired) electrons. The van der Waals surface area contributed by atoms with Gasteiger partial charge in [-0.2, -0.15) is 0 Å². The summed E-state index contributed by atoms with van der Waals surface area (Å²) in [5.41, 5.74) is 1.10. The first kappa shape index (κ1) is 14.9. The average Bonchev–Trinajstić information content (AvgIpc) is 3.01. The van der Waals surface area contributed by atoms with E-state index in [1.807, 2.05) is 0 Å². The number of tetrazole rings is 1. The summed E-state index contributed by atoms with van der Waals surface area (Å²) in [6.07, 6.45) is 8.39. The molecule has 22 heavy (non-hydrogen) atoms. The lowest BCUT2D eigenvalue weighted by Crippen LogP contribution is -2.23. The molecule has 118 valence electrons. The van der Waals surface area contributed by atoms with E-state index < -0.39 is 9.84 Å². The lowest BCUT2D eigenvalue weighted by molar-refractivity contribution is 0.462. The van der Waals surface area contributed by atoms with Crippen molar-refractivity contribution in [2.75, 3.05) is 11.6 Å². The lowest BCUT2D eigenvalue weighted by Gasteiger charge is -2.25. The van der Waals surface area contributed by atoms with Crippen LogP contribution in [0.3, 0.4) is 0 Å². The van der Waals surface area contributed by atoms with E-state index in [-0.39, 0.29) is 5.03 Å². The summed E-state index contributed by atoms with van der Waals surface area (Å²) in [6.45, 7) is 0. The lowest BCUT2D eigenvalue weighted by atomic mass is 9.95. The number of sulfone groups is 1. The Morgan fingerprint density at radius 1 is 1.27 bits per heavy atom. The van der Waals surface area contributed by atoms with E-state index >= 15 is 0 Å². The molecular weight excluding hydrogens is 304 g/mol. The number of H-pyrrole nitrogens is 1. The highest BCUT2D eigenvalue weighted by atomic mass is 32.2. The van der Waals surface area contributed by atoms with Crippen molar-refractivity contribution in [2.45, 2.75) is 43.2 Å². The van der Waals surface area contributed by atoms with Gasteiger partial charge in [-0.05, 0) is 29.3 Å². The number of anilines is 1. The number of aromatic amines is 1. The molecule has 1 aliphatic carbocycles. The van der Waals surface area contributed by atoms with Gasteiger partial charge in [0.2, 0.25) is 0 Å². The molecule has 2 aromatic heterocycles. The summed E-state index contributed by atoms with van der Waals surface area (Å²) < 4.78 is 24.0. The Balaban J connectivity index is 2.05. The molecule has 2 N–H and O–H groups in total. The Bertz CT molecular complexity index is 738. The van der Waals surface area contributed by atoms with Gasteiger partial charge in [-0.1, -0.05) is 19.3 Å². The summed E-state index contributed by atoms with van der Waals surface area (Å²) in [6, 6.07) is 2.10. The van der Waals surface area contributed by atoms with E-state index in [1.165, 1.54) is 25.5 Å². The monoisotopic (exact) mass is 322 g/mol. The van der Waals surface area contributed by atoms with Gasteiger partial charge in [-0.3, -0.25) is 0 Å². The van der Waals surface area contributed by atoms with E-state index in [1.54, 1.807) is 6.07 Å². The van der Waals surface area contributed by atoms with Crippen molar-refractivity contribution in [1.82, 2.24) is 25.6 Å². The second-order valence-electron chi connectivity index (χ2n) is 5.54. The number of hydrogen-bond acceptors (Lipinski definition) is 7. The van der Waals surface area contributed by atoms with Crippen LogP contribution in [-0.4, -0.2) is 46.3 Å². The molecule has 0 amide bonds. The molecule has 1 fully saturated rings. The number of aromatic nitrogens is 5. The second kappa shape index (κ2) is 5.99. The number of hydrogen-bond donors (Lipinski definition) is 2. The number of pyridine rings is 1. The number of rotatable bonds is 4. The smallest absolute Gasteiger partial charge is 0.193 e. The van der Waals surface area contributed by atoms with Crippen LogP contribution in [0.1, 0.15) is 32.1 Å². The molecule has 0 saturated heterocycles. The van der Waals surface area contributed by atoms with Crippen molar-refractivity contribution in [3.05, 3.63) is 12.3 Å². The molecule has 0 aliphatic heterocycles. The third-order valence-electron chi connectivity index (χ3n) is 3.81. The van der Waals surface area contributed by atoms with Gasteiger partial charge >= 0.3 is 0 Å². The summed E-state index contributed by atoms with van der Waals surface area (Å²) in [4.78, 5) is 4.02. The minimum atomic E-state index is -3.49. The average molecular weight is 322 g/mol. The number of nitrogens with zero attached hydrogens (tertiary/aromatic N) is 4. The molecular formula is C13H18N6O2S. The summed E-state index contributed by atoms with van der Waals surface area (Å²) in [7, 11) is -3.49. The summed E-state index contributed by atoms with van der Waals surface area (Å²) in [5, 5.41) is 17.0. The third kappa shape index (κ3) is 3.08. The van der Waals surface area contributed by atoms with Crippen molar-refractivity contribution < 1.29 is 8.42 Å². The summed E-state index contributed by atoms with van der Waals surface area (Å²) in [5.74, 6) is 0.298. The molecule has 1 aliphatic rings. The normalized spacial score (nSPS) is 16.6. The maximum absolute atomic E-state index is 12.0. The van der Waals surface area contributed by atoms with Crippen LogP contribution in [0.2, 0.25) is 0 Å². The van der Waals surface area contributed by atoms with Crippen molar-refractivity contribution in [3.8, 4) is 11.4 Å². The fourth-order valence-corrected chi connectivity index (χ4v) is 3.63. The Kier molecular flexibility index (Phi) is 4.06. The number of nitrogens with one attached hydrogen (secondary N) is 2. The molecule has 0 aromatic carbocycles. The van der Waals surface area contributed by atoms with Gasteiger partial charge in [-0.25, -0.2) is 18.5 Å². The van der Waals surface area contributed by atoms with Gasteiger partial charge in [0.05, 0.1) is 5.56 Å². The van der Waals surface area contributed by atoms with Gasteiger partial charge in [-0.15, -0.1) is 5.10 Å². The van der Waals surface area contributed by atoms with Crippen LogP contribution < -0.4 is 5.32 Å². The minimum Gasteiger partial charge on any atom is -0.382 e. The molecule has 3 rings (SSSR count). The fourth-order valence-electron chi connectivity index (χ4n) is 2.80. The highest BCUT2D eigenvalue weighted by molar-refractivity contribution is 7.90. The standard InChI is InChI=1S/C13H18N6O2S/c1-22(20,21)13-11(12-16-18-19-17-12)10(7-8-14-13)15-9-5-3-2-4-6-9/h7-9H,2-6H2,1H3,(H,14,15)(H,16,17,18,19). The molecule has 0 bridgehead atoms. The first-order valence-electron chi connectivity index (χ1n) is 7.25. The van der Waals surface area contributed by atoms with Gasteiger partial charge in [0.15, 0.2) is 20.7 Å². The van der Waals surface area contributed by atoms with E-state index in [9.17, 15) is 8.42 Å². The zero-order valence-corrected chi connectivity index (χ0v) is 13.1. The van der Waals surface area contributed by atoms with Gasteiger partial charge in [0, 0.05) is 24.2 Å². The molecule has 8 nitrogen and oxygen atoms in total. The molecule has 9 heteroatoms. The maximum Gasteiger partial charge on any atom is 0.193 e. The van der Waals surface area contributed by atoms with Crippen LogP contribution >= 0.6 is 0 Å². The third-order valence-corrected chi connectivity index (χ3v) is 4.83. The van der Waals surface area contributed by atoms with Crippen LogP contribution in [0, 0.1) is 0 Å². The summed E-state index contributed by atoms with van der Waals surface area (Å²) >= 11 is 0. The predicted molar refractivity (Wildman–Crippen MR) is 81.0 cm³/mol. The minimum absolute atomic E-state index is 0.0214. The molecule has 0 spiro atoms. The largest absolute Gasteiger partial charge is 0.382 e. The molecule has 2 heterocycles. The zero-order valence-electron chi connectivity index (χ0n) is 12.3. The zero-order chi connectivity index (χ0) is 15.6. The van der Waals surface area contributed by atoms with Gasteiger partial charge in [0.25, 0.3) is 0 Å². The Morgan fingerprint density at radius 3 is 2.68 bits per heavy atom. The van der Waals surface area contributed by atoms with E-state index in [4.69, 9.17) is 0 Å². The Labute approximate surface area is 128 Å². The predicted octanol–water partition coefficient (Wildman–Crippen LogP) is 1.41. The van der Waals surface area contributed by atoms with Crippen molar-refractivity contribution >= 4 is 15.5 Å². The van der Waals surface area contributed by atoms with Crippen LogP contribution in [0.15, 0.2) is 17.3 Å². The quantitative estimate of drug-likeness (QED) is 0.874. The highest BCUT2D eigenvalue weighted by Crippen LogP contribution is 2.32. The van der Waals surface area contributed by atoms with Crippen molar-refractivity contribution in [1.29, 1.82) is 0 Å². The fraction of sp³-hybridized carbons (Fsp3) is 0.538. The van der Waals surface area contributed by atoms with Crippen molar-refractivity contribution in [2.24, 2.45) is 0 Å². The SMILES string of the molecule is CS(=O)(=O)c1nccc(NC2CCCCC2)c1-c1nnn[nH]1. The van der Waals surface area contributed by atoms with E-state index in [2.05, 4.69) is 30.9 Å². The molecule has 1 saturated carbocycles. The maximum atomic E-state index is 12.0.